The Hall–Kier alpha value is -3.98. The van der Waals surface area contributed by atoms with E-state index in [1.165, 1.54) is 11.8 Å². The van der Waals surface area contributed by atoms with Gasteiger partial charge in [-0.15, -0.1) is 10.2 Å². The summed E-state index contributed by atoms with van der Waals surface area (Å²) in [6.45, 7) is 2.69. The SMILES string of the molecule is CCn1c(SCC(=O)Nc2cccc(NC(=O)CCc3ccccc3)c2)nnc1-c1ccncc1. The summed E-state index contributed by atoms with van der Waals surface area (Å²) in [6.07, 6.45) is 4.48. The van der Waals surface area contributed by atoms with Gasteiger partial charge in [-0.25, -0.2) is 0 Å². The highest BCUT2D eigenvalue weighted by atomic mass is 32.2. The molecule has 0 saturated heterocycles. The van der Waals surface area contributed by atoms with E-state index in [0.717, 1.165) is 17.0 Å². The fourth-order valence-electron chi connectivity index (χ4n) is 3.52. The maximum absolute atomic E-state index is 12.6. The maximum Gasteiger partial charge on any atom is 0.234 e. The van der Waals surface area contributed by atoms with E-state index < -0.39 is 0 Å². The standard InChI is InChI=1S/C26H26N6O2S/c1-2-32-25(20-13-15-27-16-14-20)30-31-26(32)35-18-24(34)29-22-10-6-9-21(17-22)28-23(33)12-11-19-7-4-3-5-8-19/h3-10,13-17H,2,11-12,18H2,1H3,(H,28,33)(H,29,34). The van der Waals surface area contributed by atoms with Crippen LogP contribution in [0, 0.1) is 0 Å². The van der Waals surface area contributed by atoms with Gasteiger partial charge in [-0.2, -0.15) is 0 Å². The number of rotatable bonds is 10. The van der Waals surface area contributed by atoms with Crippen molar-refractivity contribution >= 4 is 35.0 Å². The molecule has 0 fully saturated rings. The average molecular weight is 487 g/mol. The molecular formula is C26H26N6O2S. The molecule has 2 aromatic heterocycles. The van der Waals surface area contributed by atoms with Crippen molar-refractivity contribution in [2.24, 2.45) is 0 Å². The largest absolute Gasteiger partial charge is 0.326 e. The lowest BCUT2D eigenvalue weighted by atomic mass is 10.1. The van der Waals surface area contributed by atoms with Crippen molar-refractivity contribution in [2.75, 3.05) is 16.4 Å². The fourth-order valence-corrected chi connectivity index (χ4v) is 4.33. The number of thioether (sulfide) groups is 1. The normalized spacial score (nSPS) is 10.7. The van der Waals surface area contributed by atoms with E-state index >= 15 is 0 Å². The molecule has 2 aromatic carbocycles. The number of pyridine rings is 1. The van der Waals surface area contributed by atoms with E-state index in [4.69, 9.17) is 0 Å². The van der Waals surface area contributed by atoms with Gasteiger partial charge in [0.25, 0.3) is 0 Å². The lowest BCUT2D eigenvalue weighted by Crippen LogP contribution is -2.16. The van der Waals surface area contributed by atoms with Gasteiger partial charge in [0.2, 0.25) is 11.8 Å². The monoisotopic (exact) mass is 486 g/mol. The van der Waals surface area contributed by atoms with E-state index in [-0.39, 0.29) is 17.6 Å². The van der Waals surface area contributed by atoms with E-state index in [1.54, 1.807) is 36.7 Å². The van der Waals surface area contributed by atoms with Crippen LogP contribution < -0.4 is 10.6 Å². The van der Waals surface area contributed by atoms with Crippen molar-refractivity contribution in [1.82, 2.24) is 19.7 Å². The summed E-state index contributed by atoms with van der Waals surface area (Å²) >= 11 is 1.33. The average Bonchev–Trinajstić information content (AvgIpc) is 3.30. The minimum atomic E-state index is -0.168. The van der Waals surface area contributed by atoms with Crippen LogP contribution in [-0.4, -0.2) is 37.3 Å². The van der Waals surface area contributed by atoms with Crippen LogP contribution in [0.15, 0.2) is 84.3 Å². The quantitative estimate of drug-likeness (QED) is 0.316. The van der Waals surface area contributed by atoms with E-state index in [0.29, 0.717) is 35.9 Å². The zero-order valence-electron chi connectivity index (χ0n) is 19.3. The molecule has 0 spiro atoms. The number of nitrogens with zero attached hydrogens (tertiary/aromatic N) is 4. The molecule has 4 rings (SSSR count). The van der Waals surface area contributed by atoms with Gasteiger partial charge >= 0.3 is 0 Å². The molecular weight excluding hydrogens is 460 g/mol. The topological polar surface area (TPSA) is 102 Å². The summed E-state index contributed by atoms with van der Waals surface area (Å²) in [7, 11) is 0. The Morgan fingerprint density at radius 2 is 1.60 bits per heavy atom. The molecule has 0 radical (unpaired) electrons. The lowest BCUT2D eigenvalue weighted by molar-refractivity contribution is -0.116. The van der Waals surface area contributed by atoms with Crippen molar-refractivity contribution in [2.45, 2.75) is 31.5 Å². The third kappa shape index (κ3) is 6.77. The number of benzene rings is 2. The third-order valence-electron chi connectivity index (χ3n) is 5.22. The molecule has 0 aliphatic heterocycles. The lowest BCUT2D eigenvalue weighted by Gasteiger charge is -2.10. The molecule has 0 saturated carbocycles. The summed E-state index contributed by atoms with van der Waals surface area (Å²) in [6, 6.07) is 20.8. The summed E-state index contributed by atoms with van der Waals surface area (Å²) in [5, 5.41) is 15.0. The number of anilines is 2. The molecule has 0 bridgehead atoms. The molecule has 0 aliphatic rings. The van der Waals surface area contributed by atoms with Gasteiger partial charge in [0.1, 0.15) is 0 Å². The number of hydrogen-bond donors (Lipinski definition) is 2. The highest BCUT2D eigenvalue weighted by molar-refractivity contribution is 7.99. The summed E-state index contributed by atoms with van der Waals surface area (Å²) in [5.74, 6) is 0.686. The molecule has 2 amide bonds. The Balaban J connectivity index is 1.30. The van der Waals surface area contributed by atoms with E-state index in [2.05, 4.69) is 25.8 Å². The number of aryl methyl sites for hydroxylation is 1. The zero-order valence-corrected chi connectivity index (χ0v) is 20.2. The van der Waals surface area contributed by atoms with Crippen molar-refractivity contribution in [3.05, 3.63) is 84.7 Å². The van der Waals surface area contributed by atoms with Crippen LogP contribution >= 0.6 is 11.8 Å². The van der Waals surface area contributed by atoms with Crippen LogP contribution in [0.3, 0.4) is 0 Å². The van der Waals surface area contributed by atoms with Gasteiger partial charge in [-0.1, -0.05) is 48.2 Å². The number of carbonyl (C=O) groups excluding carboxylic acids is 2. The summed E-state index contributed by atoms with van der Waals surface area (Å²) in [5.41, 5.74) is 3.30. The number of hydrogen-bond acceptors (Lipinski definition) is 6. The smallest absolute Gasteiger partial charge is 0.234 e. The Bertz CT molecular complexity index is 1280. The second-order valence-corrected chi connectivity index (χ2v) is 8.68. The van der Waals surface area contributed by atoms with Gasteiger partial charge in [0.15, 0.2) is 11.0 Å². The van der Waals surface area contributed by atoms with Crippen LogP contribution in [0.2, 0.25) is 0 Å². The predicted molar refractivity (Wildman–Crippen MR) is 138 cm³/mol. The molecule has 35 heavy (non-hydrogen) atoms. The van der Waals surface area contributed by atoms with Crippen LogP contribution in [0.1, 0.15) is 18.9 Å². The van der Waals surface area contributed by atoms with Gasteiger partial charge < -0.3 is 15.2 Å². The predicted octanol–water partition coefficient (Wildman–Crippen LogP) is 4.66. The summed E-state index contributed by atoms with van der Waals surface area (Å²) in [4.78, 5) is 28.9. The van der Waals surface area contributed by atoms with Crippen molar-refractivity contribution < 1.29 is 9.59 Å². The highest BCUT2D eigenvalue weighted by Crippen LogP contribution is 2.24. The zero-order chi connectivity index (χ0) is 24.5. The van der Waals surface area contributed by atoms with Crippen molar-refractivity contribution in [1.29, 1.82) is 0 Å². The first-order valence-corrected chi connectivity index (χ1v) is 12.3. The Morgan fingerprint density at radius 3 is 2.31 bits per heavy atom. The van der Waals surface area contributed by atoms with E-state index in [1.807, 2.05) is 54.0 Å². The first-order chi connectivity index (χ1) is 17.1. The van der Waals surface area contributed by atoms with Crippen LogP contribution in [-0.2, 0) is 22.6 Å². The number of amides is 2. The summed E-state index contributed by atoms with van der Waals surface area (Å²) < 4.78 is 1.97. The fraction of sp³-hybridized carbons (Fsp3) is 0.192. The minimum absolute atomic E-state index is 0.0724. The van der Waals surface area contributed by atoms with Gasteiger partial charge in [0.05, 0.1) is 5.75 Å². The maximum atomic E-state index is 12.6. The second-order valence-electron chi connectivity index (χ2n) is 7.74. The third-order valence-corrected chi connectivity index (χ3v) is 6.18. The molecule has 0 aliphatic carbocycles. The molecule has 0 unspecified atom stereocenters. The number of nitrogens with one attached hydrogen (secondary N) is 2. The van der Waals surface area contributed by atoms with Crippen LogP contribution in [0.25, 0.3) is 11.4 Å². The minimum Gasteiger partial charge on any atom is -0.326 e. The molecule has 2 N–H and O–H groups in total. The molecule has 0 atom stereocenters. The number of aromatic nitrogens is 4. The van der Waals surface area contributed by atoms with Gasteiger partial charge in [0, 0.05) is 42.3 Å². The van der Waals surface area contributed by atoms with Gasteiger partial charge in [-0.05, 0) is 49.2 Å². The van der Waals surface area contributed by atoms with Gasteiger partial charge in [-0.3, -0.25) is 14.6 Å². The first kappa shape index (κ1) is 24.2. The highest BCUT2D eigenvalue weighted by Gasteiger charge is 2.15. The Kier molecular flexibility index (Phi) is 8.24. The molecule has 2 heterocycles. The van der Waals surface area contributed by atoms with Crippen molar-refractivity contribution in [3.8, 4) is 11.4 Å². The molecule has 178 valence electrons. The van der Waals surface area contributed by atoms with E-state index in [9.17, 15) is 9.59 Å². The Labute approximate surface area is 208 Å². The van der Waals surface area contributed by atoms with Crippen molar-refractivity contribution in [3.63, 3.8) is 0 Å². The second kappa shape index (κ2) is 11.9. The first-order valence-electron chi connectivity index (χ1n) is 11.3. The molecule has 8 nitrogen and oxygen atoms in total. The van der Waals surface area contributed by atoms with Crippen LogP contribution in [0.4, 0.5) is 11.4 Å². The van der Waals surface area contributed by atoms with Crippen LogP contribution in [0.5, 0.6) is 0 Å². The molecule has 9 heteroatoms. The number of carbonyl (C=O) groups is 2. The molecule has 4 aromatic rings. The Morgan fingerprint density at radius 1 is 0.886 bits per heavy atom.